The Bertz CT molecular complexity index is 428. The predicted molar refractivity (Wildman–Crippen MR) is 67.5 cm³/mol. The predicted octanol–water partition coefficient (Wildman–Crippen LogP) is 1.86. The molecule has 1 unspecified atom stereocenters. The highest BCUT2D eigenvalue weighted by Crippen LogP contribution is 2.09. The average Bonchev–Trinajstić information content (AvgIpc) is 2.14. The van der Waals surface area contributed by atoms with Crippen LogP contribution in [-0.2, 0) is 16.4 Å². The van der Waals surface area contributed by atoms with Crippen molar-refractivity contribution >= 4 is 21.4 Å². The van der Waals surface area contributed by atoms with Crippen LogP contribution in [0.4, 0.5) is 0 Å². The lowest BCUT2D eigenvalue weighted by atomic mass is 10.2. The molecule has 0 bridgehead atoms. The van der Waals surface area contributed by atoms with Gasteiger partial charge < -0.3 is 5.32 Å². The first kappa shape index (κ1) is 13.5. The largest absolute Gasteiger partial charge is 0.309 e. The van der Waals surface area contributed by atoms with Crippen molar-refractivity contribution in [3.8, 4) is 0 Å². The number of halogens is 1. The third kappa shape index (κ3) is 5.49. The Balaban J connectivity index is 2.43. The van der Waals surface area contributed by atoms with Crippen LogP contribution in [0.5, 0.6) is 0 Å². The van der Waals surface area contributed by atoms with Crippen molar-refractivity contribution < 1.29 is 8.42 Å². The van der Waals surface area contributed by atoms with Crippen LogP contribution >= 0.6 is 11.6 Å². The van der Waals surface area contributed by atoms with Crippen LogP contribution in [0.2, 0.25) is 5.02 Å². The normalized spacial score (nSPS) is 13.7. The maximum absolute atomic E-state index is 11.0. The summed E-state index contributed by atoms with van der Waals surface area (Å²) in [6, 6.07) is 7.43. The molecule has 0 amide bonds. The van der Waals surface area contributed by atoms with Crippen molar-refractivity contribution in [2.45, 2.75) is 19.5 Å². The number of benzene rings is 1. The lowest BCUT2D eigenvalue weighted by Gasteiger charge is -2.12. The van der Waals surface area contributed by atoms with Crippen LogP contribution in [0.1, 0.15) is 12.5 Å². The molecule has 0 radical (unpaired) electrons. The SMILES string of the molecule is CC(CS(C)(=O)=O)NCc1ccc(Cl)cc1. The molecular formula is C11H16ClNO2S. The monoisotopic (exact) mass is 261 g/mol. The van der Waals surface area contributed by atoms with E-state index in [4.69, 9.17) is 11.6 Å². The zero-order valence-corrected chi connectivity index (χ0v) is 11.0. The molecule has 1 rings (SSSR count). The molecule has 3 nitrogen and oxygen atoms in total. The van der Waals surface area contributed by atoms with E-state index in [9.17, 15) is 8.42 Å². The second-order valence-corrected chi connectivity index (χ2v) is 6.62. The quantitative estimate of drug-likeness (QED) is 0.880. The summed E-state index contributed by atoms with van der Waals surface area (Å²) in [7, 11) is -2.92. The number of hydrogen-bond donors (Lipinski definition) is 1. The van der Waals surface area contributed by atoms with Gasteiger partial charge in [0.25, 0.3) is 0 Å². The van der Waals surface area contributed by atoms with Gasteiger partial charge in [0.2, 0.25) is 0 Å². The van der Waals surface area contributed by atoms with E-state index in [2.05, 4.69) is 5.32 Å². The number of rotatable bonds is 5. The molecule has 0 heterocycles. The summed E-state index contributed by atoms with van der Waals surface area (Å²) >= 11 is 5.76. The standard InChI is InChI=1S/C11H16ClNO2S/c1-9(8-16(2,14)15)13-7-10-3-5-11(12)6-4-10/h3-6,9,13H,7-8H2,1-2H3. The fourth-order valence-corrected chi connectivity index (χ4v) is 2.56. The van der Waals surface area contributed by atoms with Crippen molar-refractivity contribution in [3.63, 3.8) is 0 Å². The van der Waals surface area contributed by atoms with Gasteiger partial charge in [-0.3, -0.25) is 0 Å². The molecule has 0 fully saturated rings. The minimum absolute atomic E-state index is 0.0503. The van der Waals surface area contributed by atoms with Gasteiger partial charge in [0, 0.05) is 23.9 Å². The van der Waals surface area contributed by atoms with Gasteiger partial charge in [-0.05, 0) is 24.6 Å². The van der Waals surface area contributed by atoms with E-state index in [1.807, 2.05) is 31.2 Å². The molecule has 5 heteroatoms. The molecule has 0 aliphatic rings. The lowest BCUT2D eigenvalue weighted by molar-refractivity contribution is 0.560. The zero-order chi connectivity index (χ0) is 12.2. The summed E-state index contributed by atoms with van der Waals surface area (Å²) in [5.41, 5.74) is 1.09. The topological polar surface area (TPSA) is 46.2 Å². The van der Waals surface area contributed by atoms with Gasteiger partial charge in [0.05, 0.1) is 5.75 Å². The third-order valence-corrected chi connectivity index (χ3v) is 3.48. The van der Waals surface area contributed by atoms with Crippen LogP contribution in [-0.4, -0.2) is 26.5 Å². The van der Waals surface area contributed by atoms with Gasteiger partial charge in [-0.2, -0.15) is 0 Å². The highest BCUT2D eigenvalue weighted by molar-refractivity contribution is 7.90. The van der Waals surface area contributed by atoms with E-state index < -0.39 is 9.84 Å². The van der Waals surface area contributed by atoms with Crippen LogP contribution in [0.25, 0.3) is 0 Å². The van der Waals surface area contributed by atoms with Crippen LogP contribution < -0.4 is 5.32 Å². The Hall–Kier alpha value is -0.580. The van der Waals surface area contributed by atoms with E-state index in [1.165, 1.54) is 6.26 Å². The van der Waals surface area contributed by atoms with Crippen LogP contribution in [0, 0.1) is 0 Å². The molecular weight excluding hydrogens is 246 g/mol. The first-order valence-electron chi connectivity index (χ1n) is 5.02. The molecule has 90 valence electrons. The smallest absolute Gasteiger partial charge is 0.148 e. The molecule has 1 atom stereocenters. The van der Waals surface area contributed by atoms with Gasteiger partial charge in [0.1, 0.15) is 9.84 Å². The third-order valence-electron chi connectivity index (χ3n) is 2.12. The summed E-state index contributed by atoms with van der Waals surface area (Å²) in [6.45, 7) is 2.50. The van der Waals surface area contributed by atoms with Crippen molar-refractivity contribution in [1.82, 2.24) is 5.32 Å². The Labute approximate surface area is 102 Å². The number of nitrogens with one attached hydrogen (secondary N) is 1. The second kappa shape index (κ2) is 5.66. The van der Waals surface area contributed by atoms with Crippen LogP contribution in [0.3, 0.4) is 0 Å². The highest BCUT2D eigenvalue weighted by atomic mass is 35.5. The van der Waals surface area contributed by atoms with Crippen molar-refractivity contribution in [2.75, 3.05) is 12.0 Å². The van der Waals surface area contributed by atoms with Gasteiger partial charge in [-0.1, -0.05) is 23.7 Å². The summed E-state index contributed by atoms with van der Waals surface area (Å²) in [4.78, 5) is 0. The number of hydrogen-bond acceptors (Lipinski definition) is 3. The Kier molecular flexibility index (Phi) is 4.77. The maximum atomic E-state index is 11.0. The summed E-state index contributed by atoms with van der Waals surface area (Å²) in [5, 5.41) is 3.85. The molecule has 0 spiro atoms. The molecule has 1 aromatic carbocycles. The molecule has 0 aliphatic carbocycles. The van der Waals surface area contributed by atoms with E-state index in [0.717, 1.165) is 5.56 Å². The molecule has 0 aliphatic heterocycles. The molecule has 0 saturated carbocycles. The Morgan fingerprint density at radius 2 is 1.88 bits per heavy atom. The minimum Gasteiger partial charge on any atom is -0.309 e. The summed E-state index contributed by atoms with van der Waals surface area (Å²) in [6.07, 6.45) is 1.24. The van der Waals surface area contributed by atoms with Crippen molar-refractivity contribution in [1.29, 1.82) is 0 Å². The zero-order valence-electron chi connectivity index (χ0n) is 9.40. The van der Waals surface area contributed by atoms with Crippen molar-refractivity contribution in [3.05, 3.63) is 34.9 Å². The van der Waals surface area contributed by atoms with Gasteiger partial charge >= 0.3 is 0 Å². The Morgan fingerprint density at radius 1 is 1.31 bits per heavy atom. The van der Waals surface area contributed by atoms with E-state index in [1.54, 1.807) is 0 Å². The molecule has 16 heavy (non-hydrogen) atoms. The average molecular weight is 262 g/mol. The maximum Gasteiger partial charge on any atom is 0.148 e. The number of sulfone groups is 1. The molecule has 0 saturated heterocycles. The fourth-order valence-electron chi connectivity index (χ4n) is 1.41. The minimum atomic E-state index is -2.92. The molecule has 1 aromatic rings. The van der Waals surface area contributed by atoms with Gasteiger partial charge in [-0.15, -0.1) is 0 Å². The van der Waals surface area contributed by atoms with Gasteiger partial charge in [0.15, 0.2) is 0 Å². The first-order valence-corrected chi connectivity index (χ1v) is 7.46. The first-order chi connectivity index (χ1) is 7.37. The van der Waals surface area contributed by atoms with Crippen LogP contribution in [0.15, 0.2) is 24.3 Å². The van der Waals surface area contributed by atoms with E-state index in [-0.39, 0.29) is 11.8 Å². The van der Waals surface area contributed by atoms with E-state index in [0.29, 0.717) is 11.6 Å². The Morgan fingerprint density at radius 3 is 2.38 bits per heavy atom. The lowest BCUT2D eigenvalue weighted by Crippen LogP contribution is -2.32. The molecule has 0 aromatic heterocycles. The highest BCUT2D eigenvalue weighted by Gasteiger charge is 2.09. The summed E-state index contributed by atoms with van der Waals surface area (Å²) in [5.74, 6) is 0.153. The summed E-state index contributed by atoms with van der Waals surface area (Å²) < 4.78 is 22.1. The van der Waals surface area contributed by atoms with Crippen molar-refractivity contribution in [2.24, 2.45) is 0 Å². The molecule has 1 N–H and O–H groups in total. The van der Waals surface area contributed by atoms with E-state index >= 15 is 0 Å². The van der Waals surface area contributed by atoms with Gasteiger partial charge in [-0.25, -0.2) is 8.42 Å². The fraction of sp³-hybridized carbons (Fsp3) is 0.455. The second-order valence-electron chi connectivity index (χ2n) is 4.00.